The normalized spacial score (nSPS) is 21.6. The lowest BCUT2D eigenvalue weighted by Gasteiger charge is -2.42. The van der Waals surface area contributed by atoms with Crippen LogP contribution < -0.4 is 16.1 Å². The predicted octanol–water partition coefficient (Wildman–Crippen LogP) is 3.80. The van der Waals surface area contributed by atoms with Crippen LogP contribution in [0.3, 0.4) is 0 Å². The largest absolute Gasteiger partial charge is 0.508 e. The lowest BCUT2D eigenvalue weighted by atomic mass is 9.84. The van der Waals surface area contributed by atoms with E-state index in [1.165, 1.54) is 9.91 Å². The van der Waals surface area contributed by atoms with Gasteiger partial charge < -0.3 is 39.6 Å². The van der Waals surface area contributed by atoms with Crippen molar-refractivity contribution in [2.45, 2.75) is 97.6 Å². The zero-order valence-corrected chi connectivity index (χ0v) is 38.5. The molecule has 6 heterocycles. The van der Waals surface area contributed by atoms with E-state index in [0.29, 0.717) is 44.5 Å². The van der Waals surface area contributed by atoms with Crippen molar-refractivity contribution in [1.82, 2.24) is 40.4 Å². The summed E-state index contributed by atoms with van der Waals surface area (Å²) in [5.74, 6) is -2.51. The van der Waals surface area contributed by atoms with E-state index >= 15 is 0 Å². The van der Waals surface area contributed by atoms with Crippen molar-refractivity contribution in [3.05, 3.63) is 71.5 Å². The van der Waals surface area contributed by atoms with E-state index in [1.54, 1.807) is 37.4 Å². The van der Waals surface area contributed by atoms with Gasteiger partial charge in [-0.15, -0.1) is 0 Å². The van der Waals surface area contributed by atoms with Crippen molar-refractivity contribution in [1.29, 1.82) is 0 Å². The van der Waals surface area contributed by atoms with E-state index in [2.05, 4.69) is 58.5 Å². The number of amides is 4. The highest BCUT2D eigenvalue weighted by molar-refractivity contribution is 5.96. The number of cyclic esters (lactones) is 1. The maximum atomic E-state index is 14.7. The molecule has 3 saturated heterocycles. The van der Waals surface area contributed by atoms with Crippen LogP contribution in [-0.2, 0) is 59.4 Å². The van der Waals surface area contributed by atoms with Gasteiger partial charge in [-0.05, 0) is 90.3 Å². The van der Waals surface area contributed by atoms with Crippen LogP contribution in [0.4, 0.5) is 0 Å². The van der Waals surface area contributed by atoms with Gasteiger partial charge >= 0.3 is 5.97 Å². The summed E-state index contributed by atoms with van der Waals surface area (Å²) < 4.78 is 14.0. The number of hydrogen-bond donors (Lipinski definition) is 4. The summed E-state index contributed by atoms with van der Waals surface area (Å²) in [6.07, 6.45) is 5.14. The highest BCUT2D eigenvalue weighted by atomic mass is 16.5. The third kappa shape index (κ3) is 9.47. The molecule has 0 aliphatic carbocycles. The van der Waals surface area contributed by atoms with Crippen molar-refractivity contribution in [2.75, 3.05) is 46.9 Å². The summed E-state index contributed by atoms with van der Waals surface area (Å²) in [6.45, 7) is 12.6. The van der Waals surface area contributed by atoms with Gasteiger partial charge in [-0.2, -0.15) is 0 Å². The van der Waals surface area contributed by atoms with Crippen molar-refractivity contribution < 1.29 is 38.6 Å². The number of aryl methyl sites for hydroxylation is 1. The zero-order valence-electron chi connectivity index (χ0n) is 38.5. The molecule has 16 heteroatoms. The highest BCUT2D eigenvalue weighted by Crippen LogP contribution is 2.41. The van der Waals surface area contributed by atoms with E-state index in [-0.39, 0.29) is 62.2 Å². The van der Waals surface area contributed by atoms with E-state index in [9.17, 15) is 29.1 Å². The Morgan fingerprint density at radius 3 is 2.57 bits per heavy atom. The summed E-state index contributed by atoms with van der Waals surface area (Å²) in [4.78, 5) is 77.0. The molecule has 4 amide bonds. The first-order chi connectivity index (χ1) is 31.1. The molecule has 4 aliphatic rings. The van der Waals surface area contributed by atoms with Crippen LogP contribution in [0.2, 0.25) is 0 Å². The number of phenolic OH excluding ortho intramolecular Hbond substituents is 1. The number of rotatable bonds is 10. The van der Waals surface area contributed by atoms with Crippen molar-refractivity contribution in [2.24, 2.45) is 17.3 Å². The first-order valence-electron chi connectivity index (χ1n) is 22.8. The maximum Gasteiger partial charge on any atom is 0.324 e. The van der Waals surface area contributed by atoms with Crippen LogP contribution in [0, 0.1) is 17.3 Å². The standard InChI is InChI=1S/C49H62N8O8/c1-8-56-41-12-11-30-20-35(41)36(43(56)37-22-50-14-13-31(37)26-64-7)21-49(4,5)27-65-48(63)38-10-9-15-57(53-38)47(62)39(18-29-16-32(30)19-34(58)17-29)52-44(59)42(28(2)3)54(6)45(60)33-24-55(25-33)46(61)40-23-51-40/h11-14,16-17,19-20,22,28,33,38-40,42,51,53,58H,8-10,15,18,21,23-27H2,1-7H3,(H,52,59)/t38-,39-,40-,42-/m0/s1. The Kier molecular flexibility index (Phi) is 13.1. The number of ether oxygens (including phenoxy) is 2. The van der Waals surface area contributed by atoms with Gasteiger partial charge in [-0.25, -0.2) is 5.43 Å². The summed E-state index contributed by atoms with van der Waals surface area (Å²) in [5, 5.41) is 19.7. The summed E-state index contributed by atoms with van der Waals surface area (Å²) in [7, 11) is 3.26. The summed E-state index contributed by atoms with van der Waals surface area (Å²) in [6, 6.07) is 10.3. The first-order valence-corrected chi connectivity index (χ1v) is 22.8. The smallest absolute Gasteiger partial charge is 0.324 e. The topological polar surface area (TPSA) is 198 Å². The molecule has 16 nitrogen and oxygen atoms in total. The number of aromatic hydroxyl groups is 1. The molecular formula is C49H62N8O8. The van der Waals surface area contributed by atoms with E-state index in [1.807, 2.05) is 38.2 Å². The second kappa shape index (κ2) is 18.6. The minimum absolute atomic E-state index is 0.00202. The molecule has 65 heavy (non-hydrogen) atoms. The van der Waals surface area contributed by atoms with Crippen LogP contribution in [0.15, 0.2) is 54.9 Å². The molecule has 4 aliphatic heterocycles. The third-order valence-corrected chi connectivity index (χ3v) is 13.2. The molecule has 2 aromatic heterocycles. The van der Waals surface area contributed by atoms with Gasteiger partial charge in [0.15, 0.2) is 0 Å². The number of hydrazine groups is 1. The third-order valence-electron chi connectivity index (χ3n) is 13.2. The average Bonchev–Trinajstić information content (AvgIpc) is 4.07. The highest BCUT2D eigenvalue weighted by Gasteiger charge is 2.45. The Bertz CT molecular complexity index is 2490. The maximum absolute atomic E-state index is 14.7. The Morgan fingerprint density at radius 2 is 1.86 bits per heavy atom. The molecule has 346 valence electrons. The number of methoxy groups -OCH3 is 1. The van der Waals surface area contributed by atoms with Crippen LogP contribution in [0.25, 0.3) is 33.3 Å². The Labute approximate surface area is 380 Å². The first kappa shape index (κ1) is 45.7. The van der Waals surface area contributed by atoms with Crippen molar-refractivity contribution in [3.8, 4) is 28.1 Å². The van der Waals surface area contributed by atoms with Gasteiger partial charge in [0.05, 0.1) is 30.9 Å². The van der Waals surface area contributed by atoms with Crippen LogP contribution >= 0.6 is 0 Å². The number of carbonyl (C=O) groups excluding carboxylic acids is 5. The molecule has 4 atom stereocenters. The Hall–Kier alpha value is -5.84. The van der Waals surface area contributed by atoms with E-state index in [0.717, 1.165) is 44.4 Å². The van der Waals surface area contributed by atoms with E-state index < -0.39 is 47.2 Å². The molecule has 0 spiro atoms. The van der Waals surface area contributed by atoms with Crippen LogP contribution in [0.1, 0.15) is 64.2 Å². The van der Waals surface area contributed by atoms with Gasteiger partial charge in [0.25, 0.3) is 5.91 Å². The number of likely N-dealkylation sites (tertiary alicyclic amines) is 1. The zero-order chi connectivity index (χ0) is 46.3. The average molecular weight is 891 g/mol. The second-order valence-electron chi connectivity index (χ2n) is 19.2. The summed E-state index contributed by atoms with van der Waals surface area (Å²) >= 11 is 0. The summed E-state index contributed by atoms with van der Waals surface area (Å²) in [5.41, 5.74) is 9.76. The van der Waals surface area contributed by atoms with Gasteiger partial charge in [-0.1, -0.05) is 39.8 Å². The number of benzene rings is 2. The lowest BCUT2D eigenvalue weighted by Crippen LogP contribution is -2.63. The number of likely N-dealkylation sites (N-methyl/N-ethyl adjacent to an activating group) is 1. The molecule has 3 fully saturated rings. The number of carbonyl (C=O) groups is 5. The second-order valence-corrected chi connectivity index (χ2v) is 19.2. The molecule has 6 bridgehead atoms. The van der Waals surface area contributed by atoms with Gasteiger partial charge in [0.2, 0.25) is 17.7 Å². The quantitative estimate of drug-likeness (QED) is 0.134. The van der Waals surface area contributed by atoms with Crippen molar-refractivity contribution >= 4 is 40.5 Å². The molecule has 8 rings (SSSR count). The number of nitrogens with zero attached hydrogens (tertiary/aromatic N) is 5. The molecule has 4 aromatic rings. The SMILES string of the molecule is CCn1c(-c2cnccc2COC)c2c3cc(ccc31)-c1cc(O)cc(c1)C[C@H](NC(=O)[C@H](C(C)C)N(C)C(=O)C1CN(C(=O)[C@@H]3CN3)C1)C(=O)N1CCC[C@H](N1)C(=O)OCC(C)(C)C2. The number of esters is 1. The van der Waals surface area contributed by atoms with Gasteiger partial charge in [0.1, 0.15) is 23.9 Å². The molecular weight excluding hydrogens is 829 g/mol. The fourth-order valence-corrected chi connectivity index (χ4v) is 9.81. The minimum atomic E-state index is -1.15. The Morgan fingerprint density at radius 1 is 1.09 bits per heavy atom. The van der Waals surface area contributed by atoms with Gasteiger partial charge in [0, 0.05) is 87.6 Å². The Balaban J connectivity index is 1.17. The minimum Gasteiger partial charge on any atom is -0.508 e. The molecule has 0 radical (unpaired) electrons. The molecule has 2 aromatic carbocycles. The number of fused-ring (bicyclic) bond motifs is 6. The fourth-order valence-electron chi connectivity index (χ4n) is 9.81. The number of pyridine rings is 1. The fraction of sp³-hybridized carbons (Fsp3) is 0.510. The van der Waals surface area contributed by atoms with E-state index in [4.69, 9.17) is 9.47 Å². The lowest BCUT2D eigenvalue weighted by molar-refractivity contribution is -0.155. The van der Waals surface area contributed by atoms with Crippen LogP contribution in [0.5, 0.6) is 5.75 Å². The predicted molar refractivity (Wildman–Crippen MR) is 244 cm³/mol. The number of aromatic nitrogens is 2. The van der Waals surface area contributed by atoms with Crippen molar-refractivity contribution in [3.63, 3.8) is 0 Å². The number of hydrogen-bond acceptors (Lipinski definition) is 11. The molecule has 0 saturated carbocycles. The van der Waals surface area contributed by atoms with Crippen LogP contribution in [-0.4, -0.2) is 130 Å². The van der Waals surface area contributed by atoms with Gasteiger partial charge in [-0.3, -0.25) is 34.0 Å². The number of nitrogens with one attached hydrogen (secondary N) is 3. The monoisotopic (exact) mass is 890 g/mol. The molecule has 4 N–H and O–H groups in total. The molecule has 0 unspecified atom stereocenters. The number of phenols is 1.